The van der Waals surface area contributed by atoms with Crippen molar-refractivity contribution in [1.29, 1.82) is 0 Å². The van der Waals surface area contributed by atoms with Gasteiger partial charge in [0.2, 0.25) is 0 Å². The number of benzene rings is 2. The molecule has 0 saturated heterocycles. The number of halogens is 2. The number of aromatic nitrogens is 2. The molecule has 142 valence electrons. The number of anilines is 1. The molecule has 2 aromatic carbocycles. The van der Waals surface area contributed by atoms with Gasteiger partial charge in [-0.25, -0.2) is 9.07 Å². The molecule has 0 radical (unpaired) electrons. The number of carbonyl (C=O) groups is 1. The number of hydrogen-bond donors (Lipinski definition) is 2. The number of fused-ring (bicyclic) bond motifs is 5. The lowest BCUT2D eigenvalue weighted by Gasteiger charge is -2.14. The second kappa shape index (κ2) is 6.63. The van der Waals surface area contributed by atoms with Gasteiger partial charge in [-0.15, -0.1) is 0 Å². The second-order valence-corrected chi connectivity index (χ2v) is 7.74. The molecular weight excluding hydrogens is 379 g/mol. The molecule has 7 heteroatoms. The van der Waals surface area contributed by atoms with E-state index < -0.39 is 5.82 Å². The number of rotatable bonds is 4. The van der Waals surface area contributed by atoms with E-state index in [2.05, 4.69) is 16.0 Å². The smallest absolute Gasteiger partial charge is 0.290 e. The van der Waals surface area contributed by atoms with Crippen molar-refractivity contribution >= 4 is 23.2 Å². The summed E-state index contributed by atoms with van der Waals surface area (Å²) in [4.78, 5) is 12.9. The fraction of sp³-hybridized carbons (Fsp3) is 0.238. The van der Waals surface area contributed by atoms with Gasteiger partial charge in [0, 0.05) is 16.5 Å². The van der Waals surface area contributed by atoms with Crippen LogP contribution in [0.4, 0.5) is 10.1 Å². The van der Waals surface area contributed by atoms with Crippen molar-refractivity contribution in [3.8, 4) is 5.69 Å². The average Bonchev–Trinajstić information content (AvgIpc) is 3.40. The third-order valence-electron chi connectivity index (χ3n) is 5.66. The van der Waals surface area contributed by atoms with E-state index >= 15 is 0 Å². The van der Waals surface area contributed by atoms with E-state index in [-0.39, 0.29) is 11.6 Å². The molecule has 0 aliphatic heterocycles. The van der Waals surface area contributed by atoms with Crippen LogP contribution in [0, 0.1) is 5.82 Å². The van der Waals surface area contributed by atoms with Gasteiger partial charge >= 0.3 is 0 Å². The lowest BCUT2D eigenvalue weighted by molar-refractivity contribution is 0.0956. The maximum atomic E-state index is 13.8. The van der Waals surface area contributed by atoms with Crippen LogP contribution in [0.2, 0.25) is 5.02 Å². The van der Waals surface area contributed by atoms with Crippen molar-refractivity contribution in [2.45, 2.75) is 31.1 Å². The number of nitrogens with one attached hydrogen (secondary N) is 2. The molecule has 1 fully saturated rings. The predicted octanol–water partition coefficient (Wildman–Crippen LogP) is 4.79. The largest absolute Gasteiger partial charge is 0.295 e. The quantitative estimate of drug-likeness (QED) is 0.623. The standard InChI is InChI=1S/C21H18ClFN4O/c22-14-7-9-15(10-8-14)27-20-13-6-5-12(11-13)18(20)19(26-27)21(28)25-24-17-4-2-1-3-16(17)23/h1-4,7-10,12-13,24H,5-6,11H2,(H,25,28)/t12-,13-/m0/s1. The highest BCUT2D eigenvalue weighted by atomic mass is 35.5. The highest BCUT2D eigenvalue weighted by molar-refractivity contribution is 6.30. The number of amides is 1. The molecule has 1 aromatic heterocycles. The van der Waals surface area contributed by atoms with Crippen LogP contribution in [0.25, 0.3) is 5.69 Å². The summed E-state index contributed by atoms with van der Waals surface area (Å²) in [5.41, 5.74) is 8.90. The van der Waals surface area contributed by atoms with Crippen LogP contribution in [0.1, 0.15) is 52.8 Å². The van der Waals surface area contributed by atoms with E-state index in [4.69, 9.17) is 11.6 Å². The Kier molecular flexibility index (Phi) is 4.09. The maximum absolute atomic E-state index is 13.8. The van der Waals surface area contributed by atoms with E-state index in [0.29, 0.717) is 22.6 Å². The molecule has 1 heterocycles. The van der Waals surface area contributed by atoms with Crippen molar-refractivity contribution < 1.29 is 9.18 Å². The molecule has 5 rings (SSSR count). The monoisotopic (exact) mass is 396 g/mol. The molecule has 2 bridgehead atoms. The van der Waals surface area contributed by atoms with Crippen LogP contribution < -0.4 is 10.9 Å². The molecule has 0 unspecified atom stereocenters. The number of hydrazine groups is 1. The zero-order valence-electron chi connectivity index (χ0n) is 15.0. The van der Waals surface area contributed by atoms with Crippen LogP contribution in [0.15, 0.2) is 48.5 Å². The molecule has 2 aliphatic rings. The maximum Gasteiger partial charge on any atom is 0.290 e. The topological polar surface area (TPSA) is 59.0 Å². The average molecular weight is 397 g/mol. The Bertz CT molecular complexity index is 1060. The van der Waals surface area contributed by atoms with Gasteiger partial charge in [-0.05, 0) is 61.6 Å². The number of hydrogen-bond acceptors (Lipinski definition) is 3. The molecule has 28 heavy (non-hydrogen) atoms. The van der Waals surface area contributed by atoms with Crippen molar-refractivity contribution in [3.05, 3.63) is 76.3 Å². The fourth-order valence-corrected chi connectivity index (χ4v) is 4.55. The van der Waals surface area contributed by atoms with E-state index in [0.717, 1.165) is 36.2 Å². The molecule has 2 N–H and O–H groups in total. The van der Waals surface area contributed by atoms with Gasteiger partial charge in [0.25, 0.3) is 5.91 Å². The first-order valence-electron chi connectivity index (χ1n) is 9.31. The van der Waals surface area contributed by atoms with E-state index in [1.54, 1.807) is 18.2 Å². The zero-order valence-corrected chi connectivity index (χ0v) is 15.7. The normalized spacial score (nSPS) is 19.5. The SMILES string of the molecule is O=C(NNc1ccccc1F)c1nn(-c2ccc(Cl)cc2)c2c1[C@H]1CC[C@H]2C1. The minimum atomic E-state index is -0.432. The van der Waals surface area contributed by atoms with Gasteiger partial charge < -0.3 is 0 Å². The van der Waals surface area contributed by atoms with Crippen molar-refractivity contribution in [2.24, 2.45) is 0 Å². The van der Waals surface area contributed by atoms with E-state index in [1.165, 1.54) is 6.07 Å². The van der Waals surface area contributed by atoms with E-state index in [1.807, 2.05) is 28.9 Å². The van der Waals surface area contributed by atoms with Crippen LogP contribution in [-0.4, -0.2) is 15.7 Å². The Balaban J connectivity index is 1.49. The molecule has 0 spiro atoms. The minimum absolute atomic E-state index is 0.214. The molecule has 1 saturated carbocycles. The first-order chi connectivity index (χ1) is 13.6. The predicted molar refractivity (Wildman–Crippen MR) is 105 cm³/mol. The van der Waals surface area contributed by atoms with E-state index in [9.17, 15) is 9.18 Å². The summed E-state index contributed by atoms with van der Waals surface area (Å²) in [6.45, 7) is 0. The zero-order chi connectivity index (χ0) is 19.3. The summed E-state index contributed by atoms with van der Waals surface area (Å²) >= 11 is 6.01. The summed E-state index contributed by atoms with van der Waals surface area (Å²) in [6, 6.07) is 13.6. The van der Waals surface area contributed by atoms with Crippen LogP contribution in [-0.2, 0) is 0 Å². The highest BCUT2D eigenvalue weighted by Gasteiger charge is 2.44. The van der Waals surface area contributed by atoms with Gasteiger partial charge in [-0.2, -0.15) is 5.10 Å². The van der Waals surface area contributed by atoms with Crippen LogP contribution >= 0.6 is 11.6 Å². The summed E-state index contributed by atoms with van der Waals surface area (Å²) in [7, 11) is 0. The number of para-hydroxylation sites is 1. The highest BCUT2D eigenvalue weighted by Crippen LogP contribution is 2.54. The Morgan fingerprint density at radius 3 is 2.64 bits per heavy atom. The Labute approximate surface area is 166 Å². The van der Waals surface area contributed by atoms with Gasteiger partial charge in [0.05, 0.1) is 17.1 Å². The van der Waals surface area contributed by atoms with Crippen molar-refractivity contribution in [2.75, 3.05) is 5.43 Å². The molecule has 5 nitrogen and oxygen atoms in total. The van der Waals surface area contributed by atoms with Gasteiger partial charge in [-0.3, -0.25) is 15.6 Å². The summed E-state index contributed by atoms with van der Waals surface area (Å²) in [6.07, 6.45) is 3.25. The van der Waals surface area contributed by atoms with Crippen LogP contribution in [0.5, 0.6) is 0 Å². The van der Waals surface area contributed by atoms with Gasteiger partial charge in [-0.1, -0.05) is 23.7 Å². The first kappa shape index (κ1) is 17.3. The molecule has 2 atom stereocenters. The second-order valence-electron chi connectivity index (χ2n) is 7.30. The van der Waals surface area contributed by atoms with Crippen molar-refractivity contribution in [1.82, 2.24) is 15.2 Å². The molecule has 1 amide bonds. The Morgan fingerprint density at radius 2 is 1.86 bits per heavy atom. The number of carbonyl (C=O) groups excluding carboxylic acids is 1. The molecular formula is C21H18ClFN4O. The Hall–Kier alpha value is -2.86. The summed E-state index contributed by atoms with van der Waals surface area (Å²) in [5, 5.41) is 5.29. The van der Waals surface area contributed by atoms with Crippen LogP contribution in [0.3, 0.4) is 0 Å². The van der Waals surface area contributed by atoms with Gasteiger partial charge in [0.1, 0.15) is 5.82 Å². The molecule has 3 aromatic rings. The number of nitrogens with zero attached hydrogens (tertiary/aromatic N) is 2. The summed E-state index contributed by atoms with van der Waals surface area (Å²) < 4.78 is 15.7. The third kappa shape index (κ3) is 2.76. The minimum Gasteiger partial charge on any atom is -0.295 e. The Morgan fingerprint density at radius 1 is 1.11 bits per heavy atom. The first-order valence-corrected chi connectivity index (χ1v) is 9.69. The third-order valence-corrected chi connectivity index (χ3v) is 5.91. The van der Waals surface area contributed by atoms with Gasteiger partial charge in [0.15, 0.2) is 5.69 Å². The lowest BCUT2D eigenvalue weighted by Crippen LogP contribution is -2.31. The van der Waals surface area contributed by atoms with Crippen molar-refractivity contribution in [3.63, 3.8) is 0 Å². The fourth-order valence-electron chi connectivity index (χ4n) is 4.42. The summed E-state index contributed by atoms with van der Waals surface area (Å²) in [5.74, 6) is -0.0157. The lowest BCUT2D eigenvalue weighted by atomic mass is 9.95. The molecule has 2 aliphatic carbocycles.